The minimum Gasteiger partial charge on any atom is -0.494 e. The Kier molecular flexibility index (Phi) is 4.39. The van der Waals surface area contributed by atoms with Crippen LogP contribution in [0.2, 0.25) is 0 Å². The fraction of sp³-hybridized carbons (Fsp3) is 0.400. The maximum atomic E-state index is 13.6. The number of rotatable bonds is 5. The maximum absolute atomic E-state index is 13.6. The zero-order valence-electron chi connectivity index (χ0n) is 12.1. The molecule has 108 valence electrons. The van der Waals surface area contributed by atoms with E-state index in [1.54, 1.807) is 10.7 Å². The first-order valence-electron chi connectivity index (χ1n) is 6.69. The van der Waals surface area contributed by atoms with Gasteiger partial charge >= 0.3 is 0 Å². The number of aromatic nitrogens is 2. The zero-order chi connectivity index (χ0) is 14.7. The normalized spacial score (nSPS) is 12.4. The van der Waals surface area contributed by atoms with Crippen molar-refractivity contribution in [1.29, 1.82) is 0 Å². The number of nitrogens with two attached hydrogens (primary N) is 1. The molecule has 2 rings (SSSR count). The summed E-state index contributed by atoms with van der Waals surface area (Å²) in [5, 5.41) is 4.33. The molecule has 1 heterocycles. The molecule has 0 saturated heterocycles. The highest BCUT2D eigenvalue weighted by Crippen LogP contribution is 2.32. The van der Waals surface area contributed by atoms with Crippen molar-refractivity contribution < 1.29 is 9.13 Å². The van der Waals surface area contributed by atoms with Gasteiger partial charge in [-0.15, -0.1) is 0 Å². The van der Waals surface area contributed by atoms with Crippen LogP contribution in [0.15, 0.2) is 24.3 Å². The SMILES string of the molecule is CCOc1ccc(F)cc1C(CN)c1cc(C)nn1C. The van der Waals surface area contributed by atoms with Crippen molar-refractivity contribution in [2.45, 2.75) is 19.8 Å². The number of benzene rings is 1. The van der Waals surface area contributed by atoms with E-state index in [1.165, 1.54) is 12.1 Å². The Bertz CT molecular complexity index is 595. The Balaban J connectivity index is 2.51. The van der Waals surface area contributed by atoms with E-state index >= 15 is 0 Å². The predicted octanol–water partition coefficient (Wildman–Crippen LogP) is 2.36. The molecule has 1 unspecified atom stereocenters. The van der Waals surface area contributed by atoms with Gasteiger partial charge in [0.05, 0.1) is 12.3 Å². The van der Waals surface area contributed by atoms with E-state index in [1.807, 2.05) is 27.0 Å². The molecule has 0 aliphatic heterocycles. The topological polar surface area (TPSA) is 53.1 Å². The minimum absolute atomic E-state index is 0.140. The first kappa shape index (κ1) is 14.5. The molecule has 1 aromatic heterocycles. The molecule has 5 heteroatoms. The molecule has 0 saturated carbocycles. The zero-order valence-corrected chi connectivity index (χ0v) is 12.1. The number of aryl methyl sites for hydroxylation is 2. The highest BCUT2D eigenvalue weighted by atomic mass is 19.1. The van der Waals surface area contributed by atoms with Gasteiger partial charge < -0.3 is 10.5 Å². The van der Waals surface area contributed by atoms with Crippen LogP contribution in [-0.2, 0) is 7.05 Å². The van der Waals surface area contributed by atoms with Crippen LogP contribution < -0.4 is 10.5 Å². The fourth-order valence-corrected chi connectivity index (χ4v) is 2.44. The molecule has 1 aromatic carbocycles. The molecule has 20 heavy (non-hydrogen) atoms. The highest BCUT2D eigenvalue weighted by Gasteiger charge is 2.21. The molecule has 0 aliphatic rings. The third-order valence-corrected chi connectivity index (χ3v) is 3.28. The Morgan fingerprint density at radius 1 is 1.40 bits per heavy atom. The van der Waals surface area contributed by atoms with Crippen LogP contribution in [-0.4, -0.2) is 22.9 Å². The largest absolute Gasteiger partial charge is 0.494 e. The van der Waals surface area contributed by atoms with E-state index < -0.39 is 0 Å². The molecule has 0 amide bonds. The van der Waals surface area contributed by atoms with E-state index in [4.69, 9.17) is 10.5 Å². The monoisotopic (exact) mass is 277 g/mol. The summed E-state index contributed by atoms with van der Waals surface area (Å²) in [5.41, 5.74) is 8.54. The van der Waals surface area contributed by atoms with Gasteiger partial charge in [-0.3, -0.25) is 4.68 Å². The second-order valence-electron chi connectivity index (χ2n) is 4.74. The van der Waals surface area contributed by atoms with Gasteiger partial charge in [0.1, 0.15) is 11.6 Å². The van der Waals surface area contributed by atoms with E-state index in [9.17, 15) is 4.39 Å². The summed E-state index contributed by atoms with van der Waals surface area (Å²) in [6, 6.07) is 6.51. The molecule has 0 fully saturated rings. The molecular formula is C15H20FN3O. The Labute approximate surface area is 118 Å². The Morgan fingerprint density at radius 3 is 2.70 bits per heavy atom. The fourth-order valence-electron chi connectivity index (χ4n) is 2.44. The molecular weight excluding hydrogens is 257 g/mol. The molecule has 0 radical (unpaired) electrons. The lowest BCUT2D eigenvalue weighted by atomic mass is 9.94. The molecule has 2 N–H and O–H groups in total. The van der Waals surface area contributed by atoms with E-state index in [2.05, 4.69) is 5.10 Å². The Hall–Kier alpha value is -1.88. The van der Waals surface area contributed by atoms with Gasteiger partial charge in [-0.25, -0.2) is 4.39 Å². The lowest BCUT2D eigenvalue weighted by Gasteiger charge is -2.19. The summed E-state index contributed by atoms with van der Waals surface area (Å²) in [6.07, 6.45) is 0. The number of nitrogens with zero attached hydrogens (tertiary/aromatic N) is 2. The lowest BCUT2D eigenvalue weighted by molar-refractivity contribution is 0.334. The van der Waals surface area contributed by atoms with Gasteiger partial charge in [-0.05, 0) is 38.1 Å². The van der Waals surface area contributed by atoms with Crippen LogP contribution in [0.3, 0.4) is 0 Å². The second-order valence-corrected chi connectivity index (χ2v) is 4.74. The van der Waals surface area contributed by atoms with Crippen molar-refractivity contribution in [3.8, 4) is 5.75 Å². The summed E-state index contributed by atoms with van der Waals surface area (Å²) < 4.78 is 21.0. The third-order valence-electron chi connectivity index (χ3n) is 3.28. The van der Waals surface area contributed by atoms with Gasteiger partial charge in [0.2, 0.25) is 0 Å². The molecule has 0 spiro atoms. The summed E-state index contributed by atoms with van der Waals surface area (Å²) in [5.74, 6) is 0.238. The number of hydrogen-bond donors (Lipinski definition) is 1. The first-order chi connectivity index (χ1) is 9.56. The number of ether oxygens (including phenoxy) is 1. The van der Waals surface area contributed by atoms with Gasteiger partial charge in [0, 0.05) is 30.8 Å². The van der Waals surface area contributed by atoms with Gasteiger partial charge in [0.15, 0.2) is 0 Å². The average Bonchev–Trinajstić information content (AvgIpc) is 2.73. The minimum atomic E-state index is -0.291. The van der Waals surface area contributed by atoms with E-state index in [-0.39, 0.29) is 11.7 Å². The number of halogens is 1. The van der Waals surface area contributed by atoms with Gasteiger partial charge in [-0.1, -0.05) is 0 Å². The quantitative estimate of drug-likeness (QED) is 0.912. The highest BCUT2D eigenvalue weighted by molar-refractivity contribution is 5.41. The summed E-state index contributed by atoms with van der Waals surface area (Å²) in [4.78, 5) is 0. The molecule has 0 bridgehead atoms. The van der Waals surface area contributed by atoms with Crippen molar-refractivity contribution in [1.82, 2.24) is 9.78 Å². The van der Waals surface area contributed by atoms with E-state index in [0.29, 0.717) is 18.9 Å². The van der Waals surface area contributed by atoms with Crippen molar-refractivity contribution in [3.63, 3.8) is 0 Å². The average molecular weight is 277 g/mol. The molecule has 4 nitrogen and oxygen atoms in total. The van der Waals surface area contributed by atoms with Crippen molar-refractivity contribution in [2.24, 2.45) is 12.8 Å². The van der Waals surface area contributed by atoms with Crippen LogP contribution in [0.25, 0.3) is 0 Å². The summed E-state index contributed by atoms with van der Waals surface area (Å²) in [6.45, 7) is 4.72. The number of hydrogen-bond acceptors (Lipinski definition) is 3. The lowest BCUT2D eigenvalue weighted by Crippen LogP contribution is -2.18. The van der Waals surface area contributed by atoms with Crippen LogP contribution in [0, 0.1) is 12.7 Å². The first-order valence-corrected chi connectivity index (χ1v) is 6.69. The van der Waals surface area contributed by atoms with Crippen molar-refractivity contribution >= 4 is 0 Å². The van der Waals surface area contributed by atoms with Crippen LogP contribution in [0.4, 0.5) is 4.39 Å². The standard InChI is InChI=1S/C15H20FN3O/c1-4-20-15-6-5-11(16)8-12(15)13(9-17)14-7-10(2)18-19(14)3/h5-8,13H,4,9,17H2,1-3H3. The Morgan fingerprint density at radius 2 is 2.15 bits per heavy atom. The summed E-state index contributed by atoms with van der Waals surface area (Å²) in [7, 11) is 1.87. The summed E-state index contributed by atoms with van der Waals surface area (Å²) >= 11 is 0. The predicted molar refractivity (Wildman–Crippen MR) is 76.4 cm³/mol. The van der Waals surface area contributed by atoms with Crippen molar-refractivity contribution in [2.75, 3.05) is 13.2 Å². The van der Waals surface area contributed by atoms with Crippen molar-refractivity contribution in [3.05, 3.63) is 47.0 Å². The van der Waals surface area contributed by atoms with E-state index in [0.717, 1.165) is 17.0 Å². The maximum Gasteiger partial charge on any atom is 0.123 e. The van der Waals surface area contributed by atoms with Gasteiger partial charge in [0.25, 0.3) is 0 Å². The smallest absolute Gasteiger partial charge is 0.123 e. The van der Waals surface area contributed by atoms with Crippen LogP contribution in [0.5, 0.6) is 5.75 Å². The second kappa shape index (κ2) is 6.05. The molecule has 1 atom stereocenters. The third kappa shape index (κ3) is 2.82. The van der Waals surface area contributed by atoms with Crippen LogP contribution in [0.1, 0.15) is 29.8 Å². The molecule has 2 aromatic rings. The van der Waals surface area contributed by atoms with Crippen LogP contribution >= 0.6 is 0 Å². The molecule has 0 aliphatic carbocycles. The van der Waals surface area contributed by atoms with Gasteiger partial charge in [-0.2, -0.15) is 5.10 Å².